The van der Waals surface area contributed by atoms with Crippen LogP contribution in [0.3, 0.4) is 0 Å². The highest BCUT2D eigenvalue weighted by atomic mass is 16.2. The van der Waals surface area contributed by atoms with Crippen molar-refractivity contribution >= 4 is 6.03 Å². The van der Waals surface area contributed by atoms with E-state index in [0.717, 1.165) is 0 Å². The maximum Gasteiger partial charge on any atom is 0.312 e. The Morgan fingerprint density at radius 2 is 2.55 bits per heavy atom. The second kappa shape index (κ2) is 3.49. The molecule has 1 heterocycles. The van der Waals surface area contributed by atoms with Crippen LogP contribution < -0.4 is 11.1 Å². The van der Waals surface area contributed by atoms with Crippen LogP contribution in [0, 0.1) is 0 Å². The monoisotopic (exact) mass is 156 g/mol. The van der Waals surface area contributed by atoms with Crippen molar-refractivity contribution in [2.45, 2.75) is 6.42 Å². The van der Waals surface area contributed by atoms with Crippen molar-refractivity contribution < 1.29 is 4.79 Å². The molecule has 2 amide bonds. The van der Waals surface area contributed by atoms with Gasteiger partial charge in [-0.1, -0.05) is 5.21 Å². The SMILES string of the molecule is NC(=O)NCCc1nn[nH]n1. The van der Waals surface area contributed by atoms with Crippen molar-refractivity contribution in [3.05, 3.63) is 5.82 Å². The summed E-state index contributed by atoms with van der Waals surface area (Å²) in [5, 5.41) is 15.4. The highest BCUT2D eigenvalue weighted by Crippen LogP contribution is 1.81. The molecule has 7 heteroatoms. The highest BCUT2D eigenvalue weighted by Gasteiger charge is 1.97. The number of nitrogens with one attached hydrogen (secondary N) is 2. The molecular formula is C4H8N6O. The first-order valence-electron chi connectivity index (χ1n) is 3.04. The largest absolute Gasteiger partial charge is 0.352 e. The first kappa shape index (κ1) is 7.45. The van der Waals surface area contributed by atoms with Gasteiger partial charge in [0.15, 0.2) is 5.82 Å². The van der Waals surface area contributed by atoms with Crippen LogP contribution in [0.15, 0.2) is 0 Å². The van der Waals surface area contributed by atoms with Gasteiger partial charge in [-0.25, -0.2) is 4.79 Å². The van der Waals surface area contributed by atoms with E-state index in [2.05, 4.69) is 25.9 Å². The van der Waals surface area contributed by atoms with Crippen LogP contribution >= 0.6 is 0 Å². The molecule has 11 heavy (non-hydrogen) atoms. The van der Waals surface area contributed by atoms with Crippen molar-refractivity contribution in [2.75, 3.05) is 6.54 Å². The summed E-state index contributed by atoms with van der Waals surface area (Å²) in [4.78, 5) is 10.2. The number of aromatic amines is 1. The fraction of sp³-hybridized carbons (Fsp3) is 0.500. The third-order valence-corrected chi connectivity index (χ3v) is 1.04. The summed E-state index contributed by atoms with van der Waals surface area (Å²) < 4.78 is 0. The molecular weight excluding hydrogens is 148 g/mol. The van der Waals surface area contributed by atoms with Gasteiger partial charge in [-0.2, -0.15) is 5.21 Å². The van der Waals surface area contributed by atoms with Crippen LogP contribution in [-0.4, -0.2) is 33.2 Å². The molecule has 0 aliphatic carbocycles. The minimum Gasteiger partial charge on any atom is -0.352 e. The predicted molar refractivity (Wildman–Crippen MR) is 35.5 cm³/mol. The molecule has 0 aliphatic heterocycles. The Labute approximate surface area is 62.4 Å². The van der Waals surface area contributed by atoms with E-state index in [1.165, 1.54) is 0 Å². The lowest BCUT2D eigenvalue weighted by molar-refractivity contribution is 0.249. The summed E-state index contributed by atoms with van der Waals surface area (Å²) in [6.07, 6.45) is 0.527. The van der Waals surface area contributed by atoms with Crippen molar-refractivity contribution in [3.8, 4) is 0 Å². The Kier molecular flexibility index (Phi) is 2.37. The number of primary amides is 1. The average Bonchev–Trinajstić information content (AvgIpc) is 2.39. The normalized spacial score (nSPS) is 9.45. The van der Waals surface area contributed by atoms with Gasteiger partial charge in [-0.15, -0.1) is 10.2 Å². The number of aromatic nitrogens is 4. The number of hydrogen-bond donors (Lipinski definition) is 3. The van der Waals surface area contributed by atoms with Gasteiger partial charge < -0.3 is 11.1 Å². The molecule has 7 nitrogen and oxygen atoms in total. The summed E-state index contributed by atoms with van der Waals surface area (Å²) in [5.41, 5.74) is 4.82. The number of carbonyl (C=O) groups excluding carboxylic acids is 1. The molecule has 0 saturated carbocycles. The molecule has 0 atom stereocenters. The molecule has 0 unspecified atom stereocenters. The lowest BCUT2D eigenvalue weighted by atomic mass is 10.4. The molecule has 1 aromatic rings. The van der Waals surface area contributed by atoms with E-state index >= 15 is 0 Å². The third kappa shape index (κ3) is 2.61. The van der Waals surface area contributed by atoms with E-state index in [4.69, 9.17) is 5.73 Å². The smallest absolute Gasteiger partial charge is 0.312 e. The number of nitrogens with two attached hydrogens (primary N) is 1. The van der Waals surface area contributed by atoms with E-state index in [-0.39, 0.29) is 0 Å². The van der Waals surface area contributed by atoms with Crippen LogP contribution in [0.1, 0.15) is 5.82 Å². The Balaban J connectivity index is 2.19. The van der Waals surface area contributed by atoms with E-state index < -0.39 is 6.03 Å². The summed E-state index contributed by atoms with van der Waals surface area (Å²) in [6.45, 7) is 0.425. The van der Waals surface area contributed by atoms with Crippen molar-refractivity contribution in [3.63, 3.8) is 0 Å². The fourth-order valence-corrected chi connectivity index (χ4v) is 0.586. The third-order valence-electron chi connectivity index (χ3n) is 1.04. The Morgan fingerprint density at radius 3 is 3.09 bits per heavy atom. The van der Waals surface area contributed by atoms with E-state index in [9.17, 15) is 4.79 Å². The molecule has 0 aromatic carbocycles. The fourth-order valence-electron chi connectivity index (χ4n) is 0.586. The van der Waals surface area contributed by atoms with Crippen LogP contribution in [0.2, 0.25) is 0 Å². The van der Waals surface area contributed by atoms with Crippen LogP contribution in [0.25, 0.3) is 0 Å². The quantitative estimate of drug-likeness (QED) is 0.490. The second-order valence-electron chi connectivity index (χ2n) is 1.87. The molecule has 1 aromatic heterocycles. The Morgan fingerprint density at radius 1 is 1.73 bits per heavy atom. The van der Waals surface area contributed by atoms with Gasteiger partial charge in [0.25, 0.3) is 0 Å². The topological polar surface area (TPSA) is 110 Å². The van der Waals surface area contributed by atoms with Crippen LogP contribution in [-0.2, 0) is 6.42 Å². The molecule has 0 aliphatic rings. The minimum atomic E-state index is -0.548. The maximum atomic E-state index is 10.2. The molecule has 4 N–H and O–H groups in total. The van der Waals surface area contributed by atoms with Gasteiger partial charge in [0.05, 0.1) is 0 Å². The first-order chi connectivity index (χ1) is 5.29. The van der Waals surface area contributed by atoms with Gasteiger partial charge in [0.2, 0.25) is 0 Å². The van der Waals surface area contributed by atoms with E-state index in [1.807, 2.05) is 0 Å². The molecule has 0 bridgehead atoms. The number of urea groups is 1. The standard InChI is InChI=1S/C4H8N6O/c5-4(11)6-2-1-3-7-9-10-8-3/h1-2H2,(H3,5,6,11)(H,7,8,9,10). The molecule has 0 fully saturated rings. The average molecular weight is 156 g/mol. The zero-order valence-corrected chi connectivity index (χ0v) is 5.74. The van der Waals surface area contributed by atoms with Gasteiger partial charge in [-0.05, 0) is 0 Å². The number of rotatable bonds is 3. The predicted octanol–water partition coefficient (Wildman–Crippen LogP) is -1.59. The summed E-state index contributed by atoms with van der Waals surface area (Å²) in [6, 6.07) is -0.548. The number of hydrogen-bond acceptors (Lipinski definition) is 4. The number of carbonyl (C=O) groups is 1. The second-order valence-corrected chi connectivity index (χ2v) is 1.87. The molecule has 60 valence electrons. The van der Waals surface area contributed by atoms with Gasteiger partial charge in [-0.3, -0.25) is 0 Å². The van der Waals surface area contributed by atoms with Crippen molar-refractivity contribution in [1.29, 1.82) is 0 Å². The Bertz CT molecular complexity index is 218. The summed E-state index contributed by atoms with van der Waals surface area (Å²) in [5.74, 6) is 0.554. The number of amides is 2. The van der Waals surface area contributed by atoms with Crippen LogP contribution in [0.4, 0.5) is 4.79 Å². The first-order valence-corrected chi connectivity index (χ1v) is 3.04. The Hall–Kier alpha value is -1.66. The number of H-pyrrole nitrogens is 1. The lowest BCUT2D eigenvalue weighted by Gasteiger charge is -1.95. The summed E-state index contributed by atoms with van der Waals surface area (Å²) in [7, 11) is 0. The molecule has 0 spiro atoms. The zero-order valence-electron chi connectivity index (χ0n) is 5.74. The van der Waals surface area contributed by atoms with Gasteiger partial charge in [0, 0.05) is 13.0 Å². The number of nitrogens with zero attached hydrogens (tertiary/aromatic N) is 3. The zero-order chi connectivity index (χ0) is 8.10. The molecule has 0 saturated heterocycles. The lowest BCUT2D eigenvalue weighted by Crippen LogP contribution is -2.31. The van der Waals surface area contributed by atoms with E-state index in [1.54, 1.807) is 0 Å². The number of tetrazole rings is 1. The minimum absolute atomic E-state index is 0.425. The maximum absolute atomic E-state index is 10.2. The van der Waals surface area contributed by atoms with Crippen molar-refractivity contribution in [2.24, 2.45) is 5.73 Å². The van der Waals surface area contributed by atoms with Crippen LogP contribution in [0.5, 0.6) is 0 Å². The van der Waals surface area contributed by atoms with Crippen molar-refractivity contribution in [1.82, 2.24) is 25.9 Å². The highest BCUT2D eigenvalue weighted by molar-refractivity contribution is 5.71. The van der Waals surface area contributed by atoms with Gasteiger partial charge in [0.1, 0.15) is 0 Å². The summed E-state index contributed by atoms with van der Waals surface area (Å²) >= 11 is 0. The van der Waals surface area contributed by atoms with Gasteiger partial charge >= 0.3 is 6.03 Å². The van der Waals surface area contributed by atoms with E-state index in [0.29, 0.717) is 18.8 Å². The molecule has 0 radical (unpaired) electrons. The molecule has 1 rings (SSSR count).